The lowest BCUT2D eigenvalue weighted by atomic mass is 9.98. The molecule has 0 saturated carbocycles. The number of aryl methyl sites for hydroxylation is 1. The van der Waals surface area contributed by atoms with Gasteiger partial charge in [0.25, 0.3) is 0 Å². The van der Waals surface area contributed by atoms with Crippen LogP contribution in [0.5, 0.6) is 0 Å². The molecule has 1 aromatic rings. The quantitative estimate of drug-likeness (QED) is 0.786. The highest BCUT2D eigenvalue weighted by molar-refractivity contribution is 5.04. The van der Waals surface area contributed by atoms with Crippen molar-refractivity contribution in [1.82, 2.24) is 15.0 Å². The fraction of sp³-hybridized carbons (Fsp3) is 0.800. The van der Waals surface area contributed by atoms with E-state index in [2.05, 4.69) is 24.2 Å². The molecule has 0 aliphatic heterocycles. The summed E-state index contributed by atoms with van der Waals surface area (Å²) in [6.45, 7) is 6.85. The lowest BCUT2D eigenvalue weighted by Gasteiger charge is -2.26. The lowest BCUT2D eigenvalue weighted by Crippen LogP contribution is -2.34. The normalized spacial score (nSPS) is 15.6. The van der Waals surface area contributed by atoms with Gasteiger partial charge in [0.2, 0.25) is 0 Å². The van der Waals surface area contributed by atoms with Crippen LogP contribution in [0.3, 0.4) is 0 Å². The molecule has 1 heterocycles. The van der Waals surface area contributed by atoms with Crippen molar-refractivity contribution < 1.29 is 4.74 Å². The van der Waals surface area contributed by atoms with Gasteiger partial charge in [-0.2, -0.15) is 0 Å². The Balaban J connectivity index is 2.80. The SMILES string of the molecule is CCOC(C(C)C)C(N)c1cnnn1C. The van der Waals surface area contributed by atoms with Crippen LogP contribution in [0.2, 0.25) is 0 Å². The van der Waals surface area contributed by atoms with Crippen molar-refractivity contribution in [3.05, 3.63) is 11.9 Å². The fourth-order valence-corrected chi connectivity index (χ4v) is 1.67. The molecule has 0 aromatic carbocycles. The van der Waals surface area contributed by atoms with E-state index >= 15 is 0 Å². The lowest BCUT2D eigenvalue weighted by molar-refractivity contribution is 0.0105. The van der Waals surface area contributed by atoms with E-state index in [-0.39, 0.29) is 12.1 Å². The molecule has 0 saturated heterocycles. The van der Waals surface area contributed by atoms with E-state index in [4.69, 9.17) is 10.5 Å². The molecule has 1 aromatic heterocycles. The largest absolute Gasteiger partial charge is 0.376 e. The van der Waals surface area contributed by atoms with Gasteiger partial charge < -0.3 is 10.5 Å². The van der Waals surface area contributed by atoms with Gasteiger partial charge in [0.15, 0.2) is 0 Å². The predicted octanol–water partition coefficient (Wildman–Crippen LogP) is 0.876. The summed E-state index contributed by atoms with van der Waals surface area (Å²) in [6, 6.07) is -0.176. The standard InChI is InChI=1S/C10H20N4O/c1-5-15-10(7(2)3)9(11)8-6-12-13-14(8)4/h6-7,9-10H,5,11H2,1-4H3. The van der Waals surface area contributed by atoms with E-state index in [1.165, 1.54) is 0 Å². The zero-order chi connectivity index (χ0) is 11.4. The Morgan fingerprint density at radius 2 is 2.20 bits per heavy atom. The summed E-state index contributed by atoms with van der Waals surface area (Å²) >= 11 is 0. The minimum Gasteiger partial charge on any atom is -0.376 e. The van der Waals surface area contributed by atoms with Crippen molar-refractivity contribution in [3.8, 4) is 0 Å². The van der Waals surface area contributed by atoms with Gasteiger partial charge in [0.05, 0.1) is 24.0 Å². The van der Waals surface area contributed by atoms with E-state index in [9.17, 15) is 0 Å². The molecule has 0 aliphatic carbocycles. The second kappa shape index (κ2) is 5.23. The molecule has 5 nitrogen and oxygen atoms in total. The van der Waals surface area contributed by atoms with Gasteiger partial charge >= 0.3 is 0 Å². The third-order valence-corrected chi connectivity index (χ3v) is 2.46. The topological polar surface area (TPSA) is 66.0 Å². The van der Waals surface area contributed by atoms with Crippen LogP contribution >= 0.6 is 0 Å². The number of nitrogens with zero attached hydrogens (tertiary/aromatic N) is 3. The minimum absolute atomic E-state index is 0.00667. The highest BCUT2D eigenvalue weighted by atomic mass is 16.5. The Kier molecular flexibility index (Phi) is 4.23. The molecule has 0 radical (unpaired) electrons. The molecule has 0 spiro atoms. The Hall–Kier alpha value is -0.940. The van der Waals surface area contributed by atoms with E-state index < -0.39 is 0 Å². The summed E-state index contributed by atoms with van der Waals surface area (Å²) < 4.78 is 7.34. The molecule has 15 heavy (non-hydrogen) atoms. The molecule has 0 aliphatic rings. The monoisotopic (exact) mass is 212 g/mol. The Labute approximate surface area is 90.6 Å². The van der Waals surface area contributed by atoms with Crippen molar-refractivity contribution in [1.29, 1.82) is 0 Å². The van der Waals surface area contributed by atoms with Gasteiger partial charge in [-0.15, -0.1) is 5.10 Å². The van der Waals surface area contributed by atoms with Crippen LogP contribution in [0.4, 0.5) is 0 Å². The van der Waals surface area contributed by atoms with Crippen molar-refractivity contribution in [2.75, 3.05) is 6.61 Å². The van der Waals surface area contributed by atoms with Crippen molar-refractivity contribution in [2.45, 2.75) is 32.9 Å². The maximum atomic E-state index is 6.15. The van der Waals surface area contributed by atoms with Gasteiger partial charge in [-0.3, -0.25) is 4.68 Å². The first kappa shape index (κ1) is 12.1. The van der Waals surface area contributed by atoms with Crippen LogP contribution in [0.1, 0.15) is 32.5 Å². The number of hydrogen-bond acceptors (Lipinski definition) is 4. The van der Waals surface area contributed by atoms with Crippen LogP contribution in [0.15, 0.2) is 6.20 Å². The minimum atomic E-state index is -0.176. The molecule has 0 fully saturated rings. The smallest absolute Gasteiger partial charge is 0.0806 e. The third-order valence-electron chi connectivity index (χ3n) is 2.46. The second-order valence-electron chi connectivity index (χ2n) is 3.97. The second-order valence-corrected chi connectivity index (χ2v) is 3.97. The van der Waals surface area contributed by atoms with Crippen LogP contribution < -0.4 is 5.73 Å². The molecule has 0 bridgehead atoms. The van der Waals surface area contributed by atoms with Crippen molar-refractivity contribution in [2.24, 2.45) is 18.7 Å². The van der Waals surface area contributed by atoms with E-state index in [1.807, 2.05) is 14.0 Å². The average Bonchev–Trinajstić information content (AvgIpc) is 2.59. The van der Waals surface area contributed by atoms with Crippen LogP contribution in [-0.2, 0) is 11.8 Å². The number of nitrogens with two attached hydrogens (primary N) is 1. The van der Waals surface area contributed by atoms with Gasteiger partial charge in [-0.1, -0.05) is 19.1 Å². The molecule has 5 heteroatoms. The first-order valence-corrected chi connectivity index (χ1v) is 5.29. The molecule has 2 atom stereocenters. The maximum Gasteiger partial charge on any atom is 0.0806 e. The summed E-state index contributed by atoms with van der Waals surface area (Å²) in [5.41, 5.74) is 7.05. The average molecular weight is 212 g/mol. The van der Waals surface area contributed by atoms with Crippen molar-refractivity contribution in [3.63, 3.8) is 0 Å². The molecule has 86 valence electrons. The number of aromatic nitrogens is 3. The summed E-state index contributed by atoms with van der Waals surface area (Å²) in [5.74, 6) is 0.370. The van der Waals surface area contributed by atoms with E-state index in [1.54, 1.807) is 10.9 Å². The summed E-state index contributed by atoms with van der Waals surface area (Å²) in [5, 5.41) is 7.69. The Morgan fingerprint density at radius 3 is 2.60 bits per heavy atom. The molecular weight excluding hydrogens is 192 g/mol. The zero-order valence-electron chi connectivity index (χ0n) is 9.84. The van der Waals surface area contributed by atoms with Crippen LogP contribution in [0, 0.1) is 5.92 Å². The molecule has 2 N–H and O–H groups in total. The molecule has 1 rings (SSSR count). The van der Waals surface area contributed by atoms with Crippen LogP contribution in [0.25, 0.3) is 0 Å². The number of rotatable bonds is 5. The number of hydrogen-bond donors (Lipinski definition) is 1. The summed E-state index contributed by atoms with van der Waals surface area (Å²) in [6.07, 6.45) is 1.70. The fourth-order valence-electron chi connectivity index (χ4n) is 1.67. The third kappa shape index (κ3) is 2.76. The number of ether oxygens (including phenoxy) is 1. The molecular formula is C10H20N4O. The Morgan fingerprint density at radius 1 is 1.53 bits per heavy atom. The van der Waals surface area contributed by atoms with Gasteiger partial charge in [0.1, 0.15) is 0 Å². The van der Waals surface area contributed by atoms with Crippen LogP contribution in [-0.4, -0.2) is 27.7 Å². The summed E-state index contributed by atoms with van der Waals surface area (Å²) in [4.78, 5) is 0. The van der Waals surface area contributed by atoms with E-state index in [0.29, 0.717) is 12.5 Å². The summed E-state index contributed by atoms with van der Waals surface area (Å²) in [7, 11) is 1.84. The van der Waals surface area contributed by atoms with Gasteiger partial charge in [0, 0.05) is 13.7 Å². The van der Waals surface area contributed by atoms with Gasteiger partial charge in [-0.25, -0.2) is 0 Å². The Bertz CT molecular complexity index is 297. The maximum absolute atomic E-state index is 6.15. The van der Waals surface area contributed by atoms with Gasteiger partial charge in [-0.05, 0) is 12.8 Å². The van der Waals surface area contributed by atoms with Crippen molar-refractivity contribution >= 4 is 0 Å². The van der Waals surface area contributed by atoms with E-state index in [0.717, 1.165) is 5.69 Å². The first-order chi connectivity index (χ1) is 7.07. The molecule has 2 unspecified atom stereocenters. The zero-order valence-corrected chi connectivity index (χ0v) is 9.84. The highest BCUT2D eigenvalue weighted by Gasteiger charge is 2.25. The predicted molar refractivity (Wildman–Crippen MR) is 58.2 cm³/mol. The highest BCUT2D eigenvalue weighted by Crippen LogP contribution is 2.21. The first-order valence-electron chi connectivity index (χ1n) is 5.29. The molecule has 0 amide bonds.